The monoisotopic (exact) mass is 288 g/mol. The zero-order valence-electron chi connectivity index (χ0n) is 11.9. The van der Waals surface area contributed by atoms with Crippen molar-refractivity contribution in [2.45, 2.75) is 12.0 Å². The molecule has 0 aromatic heterocycles. The number of rotatable bonds is 2. The number of benzene rings is 1. The number of nitrogens with zero attached hydrogens (tertiary/aromatic N) is 3. The normalized spacial score (nSPS) is 24.7. The van der Waals surface area contributed by atoms with Crippen LogP contribution in [0.3, 0.4) is 0 Å². The van der Waals surface area contributed by atoms with Crippen LogP contribution in [0.5, 0.6) is 0 Å². The number of amides is 1. The van der Waals surface area contributed by atoms with E-state index in [2.05, 4.69) is 10.5 Å². The number of likely N-dealkylation sites (N-methyl/N-ethyl adjacent to an activating group) is 1. The van der Waals surface area contributed by atoms with Gasteiger partial charge in [0.25, 0.3) is 5.91 Å². The standard InChI is InChI=1S/C14H16N4O3/c1-17-12(19)14(13(20)21-2)8-9-15-18(14)11(16-17)10-6-4-3-5-7-10/h3-7,15H,8-9H2,1-2H3. The van der Waals surface area contributed by atoms with Gasteiger partial charge in [0.2, 0.25) is 5.54 Å². The number of hydrazine groups is 1. The van der Waals surface area contributed by atoms with Gasteiger partial charge in [-0.05, 0) is 0 Å². The van der Waals surface area contributed by atoms with Crippen LogP contribution in [-0.4, -0.2) is 54.0 Å². The van der Waals surface area contributed by atoms with Gasteiger partial charge in [0.05, 0.1) is 7.11 Å². The number of nitrogens with one attached hydrogen (secondary N) is 1. The van der Waals surface area contributed by atoms with Crippen LogP contribution < -0.4 is 5.43 Å². The molecule has 7 nitrogen and oxygen atoms in total. The lowest BCUT2D eigenvalue weighted by Gasteiger charge is -2.40. The first kappa shape index (κ1) is 13.6. The first-order valence-corrected chi connectivity index (χ1v) is 6.65. The summed E-state index contributed by atoms with van der Waals surface area (Å²) >= 11 is 0. The Labute approximate surface area is 122 Å². The van der Waals surface area contributed by atoms with E-state index < -0.39 is 11.5 Å². The first-order valence-electron chi connectivity index (χ1n) is 6.65. The lowest BCUT2D eigenvalue weighted by Crippen LogP contribution is -2.67. The van der Waals surface area contributed by atoms with Crippen molar-refractivity contribution in [3.63, 3.8) is 0 Å². The number of carbonyl (C=O) groups excluding carboxylic acids is 2. The Kier molecular flexibility index (Phi) is 3.13. The van der Waals surface area contributed by atoms with Gasteiger partial charge in [-0.2, -0.15) is 5.10 Å². The maximum Gasteiger partial charge on any atom is 0.343 e. The number of methoxy groups -OCH3 is 1. The van der Waals surface area contributed by atoms with E-state index in [4.69, 9.17) is 4.74 Å². The van der Waals surface area contributed by atoms with Crippen LogP contribution in [0.15, 0.2) is 35.4 Å². The van der Waals surface area contributed by atoms with Gasteiger partial charge in [0.15, 0.2) is 5.84 Å². The van der Waals surface area contributed by atoms with Crippen LogP contribution in [0, 0.1) is 0 Å². The second kappa shape index (κ2) is 4.85. The number of ether oxygens (including phenoxy) is 1. The molecule has 1 unspecified atom stereocenters. The van der Waals surface area contributed by atoms with Crippen LogP contribution in [0.4, 0.5) is 0 Å². The molecular formula is C14H16N4O3. The molecule has 2 heterocycles. The zero-order chi connectivity index (χ0) is 15.0. The quantitative estimate of drug-likeness (QED) is 0.610. The Bertz CT molecular complexity index is 616. The molecule has 0 spiro atoms. The summed E-state index contributed by atoms with van der Waals surface area (Å²) in [6.07, 6.45) is 0.342. The molecule has 1 amide bonds. The molecule has 0 aliphatic carbocycles. The molecule has 2 aliphatic rings. The van der Waals surface area contributed by atoms with E-state index in [1.54, 1.807) is 7.05 Å². The molecule has 1 aromatic carbocycles. The maximum atomic E-state index is 12.5. The Morgan fingerprint density at radius 3 is 2.76 bits per heavy atom. The summed E-state index contributed by atoms with van der Waals surface area (Å²) in [6.45, 7) is 0.501. The van der Waals surface area contributed by atoms with Crippen molar-refractivity contribution < 1.29 is 14.3 Å². The molecule has 3 rings (SSSR count). The third-order valence-corrected chi connectivity index (χ3v) is 3.80. The first-order chi connectivity index (χ1) is 10.1. The molecule has 1 atom stereocenters. The number of carbonyl (C=O) groups is 2. The second-order valence-electron chi connectivity index (χ2n) is 4.96. The fraction of sp³-hybridized carbons (Fsp3) is 0.357. The van der Waals surface area contributed by atoms with Crippen LogP contribution in [0.1, 0.15) is 12.0 Å². The molecule has 0 bridgehead atoms. The van der Waals surface area contributed by atoms with Gasteiger partial charge in [-0.25, -0.2) is 15.2 Å². The van der Waals surface area contributed by atoms with Crippen LogP contribution in [-0.2, 0) is 14.3 Å². The molecule has 0 saturated carbocycles. The SMILES string of the molecule is COC(=O)C12CCNN1C(c1ccccc1)=NN(C)C2=O. The number of hydrogen-bond donors (Lipinski definition) is 1. The summed E-state index contributed by atoms with van der Waals surface area (Å²) < 4.78 is 4.87. The van der Waals surface area contributed by atoms with E-state index in [-0.39, 0.29) is 5.91 Å². The van der Waals surface area contributed by atoms with E-state index >= 15 is 0 Å². The predicted molar refractivity (Wildman–Crippen MR) is 75.0 cm³/mol. The van der Waals surface area contributed by atoms with E-state index in [0.29, 0.717) is 18.8 Å². The Hall–Kier alpha value is -2.41. The summed E-state index contributed by atoms with van der Waals surface area (Å²) in [5.74, 6) is -0.438. The van der Waals surface area contributed by atoms with Gasteiger partial charge < -0.3 is 4.74 Å². The van der Waals surface area contributed by atoms with Crippen molar-refractivity contribution in [2.75, 3.05) is 20.7 Å². The van der Waals surface area contributed by atoms with Gasteiger partial charge in [-0.1, -0.05) is 30.3 Å². The fourth-order valence-corrected chi connectivity index (χ4v) is 2.78. The molecule has 1 aromatic rings. The summed E-state index contributed by atoms with van der Waals surface area (Å²) in [4.78, 5) is 24.8. The summed E-state index contributed by atoms with van der Waals surface area (Å²) in [5, 5.41) is 7.04. The molecule has 2 aliphatic heterocycles. The van der Waals surface area contributed by atoms with Crippen molar-refractivity contribution in [2.24, 2.45) is 5.10 Å². The molecule has 21 heavy (non-hydrogen) atoms. The van der Waals surface area contributed by atoms with E-state index in [1.807, 2.05) is 30.3 Å². The van der Waals surface area contributed by atoms with E-state index in [0.717, 1.165) is 5.56 Å². The third-order valence-electron chi connectivity index (χ3n) is 3.80. The highest BCUT2D eigenvalue weighted by molar-refractivity contribution is 6.15. The van der Waals surface area contributed by atoms with Crippen LogP contribution >= 0.6 is 0 Å². The van der Waals surface area contributed by atoms with Crippen molar-refractivity contribution in [1.82, 2.24) is 15.4 Å². The molecule has 1 fully saturated rings. The molecule has 110 valence electrons. The molecule has 1 saturated heterocycles. The number of amidine groups is 1. The van der Waals surface area contributed by atoms with Gasteiger partial charge in [0.1, 0.15) is 0 Å². The Morgan fingerprint density at radius 2 is 2.10 bits per heavy atom. The van der Waals surface area contributed by atoms with Gasteiger partial charge >= 0.3 is 5.97 Å². The summed E-state index contributed by atoms with van der Waals surface area (Å²) in [5.41, 5.74) is 2.51. The predicted octanol–water partition coefficient (Wildman–Crippen LogP) is -0.0577. The molecule has 1 N–H and O–H groups in total. The smallest absolute Gasteiger partial charge is 0.343 e. The minimum absolute atomic E-state index is 0.342. The van der Waals surface area contributed by atoms with Crippen molar-refractivity contribution >= 4 is 17.7 Å². The Morgan fingerprint density at radius 1 is 1.38 bits per heavy atom. The topological polar surface area (TPSA) is 74.2 Å². The second-order valence-corrected chi connectivity index (χ2v) is 4.96. The van der Waals surface area contributed by atoms with Crippen molar-refractivity contribution in [1.29, 1.82) is 0 Å². The Balaban J connectivity index is 2.14. The zero-order valence-corrected chi connectivity index (χ0v) is 11.9. The average molecular weight is 288 g/mol. The van der Waals surface area contributed by atoms with Crippen molar-refractivity contribution in [3.8, 4) is 0 Å². The highest BCUT2D eigenvalue weighted by atomic mass is 16.5. The number of fused-ring (bicyclic) bond motifs is 1. The number of hydrogen-bond acceptors (Lipinski definition) is 6. The average Bonchev–Trinajstić information content (AvgIpc) is 2.97. The highest BCUT2D eigenvalue weighted by Gasteiger charge is 2.60. The van der Waals surface area contributed by atoms with Gasteiger partial charge in [0, 0.05) is 25.6 Å². The minimum atomic E-state index is -1.38. The lowest BCUT2D eigenvalue weighted by molar-refractivity contribution is -0.163. The van der Waals surface area contributed by atoms with Crippen molar-refractivity contribution in [3.05, 3.63) is 35.9 Å². The van der Waals surface area contributed by atoms with Gasteiger partial charge in [-0.15, -0.1) is 0 Å². The van der Waals surface area contributed by atoms with Crippen LogP contribution in [0.25, 0.3) is 0 Å². The third kappa shape index (κ3) is 1.81. The minimum Gasteiger partial charge on any atom is -0.467 e. The fourth-order valence-electron chi connectivity index (χ4n) is 2.78. The van der Waals surface area contributed by atoms with Crippen LogP contribution in [0.2, 0.25) is 0 Å². The number of esters is 1. The molecule has 0 radical (unpaired) electrons. The summed E-state index contributed by atoms with van der Waals surface area (Å²) in [7, 11) is 2.83. The highest BCUT2D eigenvalue weighted by Crippen LogP contribution is 2.32. The molecular weight excluding hydrogens is 272 g/mol. The molecule has 7 heteroatoms. The largest absolute Gasteiger partial charge is 0.467 e. The van der Waals surface area contributed by atoms with E-state index in [9.17, 15) is 9.59 Å². The number of hydrazone groups is 1. The maximum absolute atomic E-state index is 12.5. The summed E-state index contributed by atoms with van der Waals surface area (Å²) in [6, 6.07) is 9.41. The lowest BCUT2D eigenvalue weighted by atomic mass is 9.93. The van der Waals surface area contributed by atoms with E-state index in [1.165, 1.54) is 17.1 Å². The van der Waals surface area contributed by atoms with Gasteiger partial charge in [-0.3, -0.25) is 9.80 Å².